The molecule has 10 heterocycles. The van der Waals surface area contributed by atoms with Gasteiger partial charge in [-0.15, -0.1) is 96.2 Å². The number of hydrogen-bond acceptors (Lipinski definition) is 10. The lowest BCUT2D eigenvalue weighted by molar-refractivity contribution is 0.123. The van der Waals surface area contributed by atoms with Crippen molar-refractivity contribution >= 4 is 201 Å². The lowest BCUT2D eigenvalue weighted by Crippen LogP contribution is -2.43. The van der Waals surface area contributed by atoms with Crippen molar-refractivity contribution in [3.8, 4) is 88.7 Å². The van der Waals surface area contributed by atoms with Gasteiger partial charge in [-0.05, 0) is 237 Å². The molecule has 10 aromatic carbocycles. The number of fused-ring (bicyclic) bond motifs is 10. The van der Waals surface area contributed by atoms with Crippen LogP contribution in [0.4, 0.5) is 0 Å². The number of thiophene rings is 8. The van der Waals surface area contributed by atoms with Crippen molar-refractivity contribution in [2.75, 3.05) is 0 Å². The summed E-state index contributed by atoms with van der Waals surface area (Å²) in [5.41, 5.74) is 30.7. The predicted octanol–water partition coefficient (Wildman–Crippen LogP) is 39.2. The summed E-state index contributed by atoms with van der Waals surface area (Å²) >= 11 is 15.4. The van der Waals surface area contributed by atoms with Crippen molar-refractivity contribution in [1.29, 1.82) is 0 Å². The second kappa shape index (κ2) is 35.9. The largest absolute Gasteiger partial charge is 0.461 e. The van der Waals surface area contributed by atoms with E-state index in [1.807, 2.05) is 105 Å². The van der Waals surface area contributed by atoms with Crippen LogP contribution in [0.3, 0.4) is 0 Å². The Morgan fingerprint density at radius 3 is 0.867 bits per heavy atom. The zero-order valence-electron chi connectivity index (χ0n) is 79.0. The standard InChI is InChI=1S/C35H50S2Si.C30H22S4.C26H22O2.C26H22S2/c1-21(2)35(22(3)4,23(5)6)17-15-29-31-19-27(13)37-34(31)30(32-20-28(14)36-33(29)32)16-18-38(24(7)8,25(9)10)26(11)12;1-15-5-7-23-19(9-15)13-25(33-23)27-21-11-17(3)32-30(21)28(22-12-18(4)31-29(22)27)26-14-20-10-16(2)6-8-24(20)34-26;2*1-15-5-9-19(10-6-15)23-21-13-17(3)28-26(21)24(20-11-7-16(2)8-12-20)22-14-18(4)27-25(22)23/h19-26H,1-14H3;5-14H,1-4H3;2*5-14H,1-4H3. The molecule has 0 aliphatic rings. The van der Waals surface area contributed by atoms with Crippen molar-refractivity contribution in [2.45, 2.75) is 197 Å². The van der Waals surface area contributed by atoms with Crippen LogP contribution >= 0.6 is 90.7 Å². The molecule has 2 nitrogen and oxygen atoms in total. The SMILES string of the molecule is Cc1cc2c(C#C[Si](C(C)C)(C(C)C)C(C)C)c3sc(C)cc3c(C#CC(C(C)C)(C(C)C)C(C)C)c2s1.Cc1ccc(-c2c3cc(C)oc3c(-c3ccc(C)cc3)c3cc(C)oc23)cc1.Cc1ccc(-c2c3cc(C)sc3c(-c3ccc(C)cc3)c3cc(C)sc23)cc1.Cc1ccc2sc(-c3c4cc(C)sc4c(-c4cc5cc(C)ccc5s4)c4cc(C)sc34)cc2c1. The molecule has 10 aromatic heterocycles. The van der Waals surface area contributed by atoms with Crippen LogP contribution in [0.15, 0.2) is 203 Å². The number of aryl methyl sites for hydroxylation is 14. The average molecular weight is 1840 g/mol. The van der Waals surface area contributed by atoms with Crippen LogP contribution in [0.1, 0.15) is 168 Å². The molecule has 0 fully saturated rings. The Labute approximate surface area is 790 Å². The summed E-state index contributed by atoms with van der Waals surface area (Å²) in [6, 6.07) is 72.2. The third kappa shape index (κ3) is 16.7. The van der Waals surface area contributed by atoms with Gasteiger partial charge in [-0.25, -0.2) is 0 Å². The Morgan fingerprint density at radius 1 is 0.266 bits per heavy atom. The summed E-state index contributed by atoms with van der Waals surface area (Å²) in [6.45, 7) is 58.8. The third-order valence-corrected chi connectivity index (χ3v) is 41.5. The van der Waals surface area contributed by atoms with Gasteiger partial charge in [-0.2, -0.15) is 0 Å². The second-order valence-corrected chi connectivity index (χ2v) is 53.1. The topological polar surface area (TPSA) is 26.3 Å². The minimum Gasteiger partial charge on any atom is -0.461 e. The molecule has 20 rings (SSSR count). The van der Waals surface area contributed by atoms with E-state index in [0.29, 0.717) is 34.4 Å². The van der Waals surface area contributed by atoms with Gasteiger partial charge in [0.25, 0.3) is 0 Å². The normalized spacial score (nSPS) is 12.1. The highest BCUT2D eigenvalue weighted by molar-refractivity contribution is 7.26. The van der Waals surface area contributed by atoms with Gasteiger partial charge in [0.1, 0.15) is 30.8 Å². The van der Waals surface area contributed by atoms with Crippen LogP contribution in [0.5, 0.6) is 0 Å². The molecule has 0 radical (unpaired) electrons. The van der Waals surface area contributed by atoms with Crippen LogP contribution in [0.25, 0.3) is 168 Å². The molecule has 0 bridgehead atoms. The minimum atomic E-state index is -1.84. The van der Waals surface area contributed by atoms with Crippen LogP contribution in [-0.4, -0.2) is 8.07 Å². The smallest absolute Gasteiger partial charge is 0.146 e. The van der Waals surface area contributed by atoms with E-state index in [4.69, 9.17) is 8.83 Å². The zero-order chi connectivity index (χ0) is 90.7. The lowest BCUT2D eigenvalue weighted by atomic mass is 9.62. The van der Waals surface area contributed by atoms with Gasteiger partial charge < -0.3 is 8.83 Å². The minimum absolute atomic E-state index is 0.0223. The Balaban J connectivity index is 0.000000121. The first-order valence-corrected chi connectivity index (χ1v) is 54.0. The number of benzene rings is 10. The summed E-state index contributed by atoms with van der Waals surface area (Å²) in [6.07, 6.45) is 0. The van der Waals surface area contributed by atoms with E-state index in [-0.39, 0.29) is 5.41 Å². The molecular formula is C117H116O2S8Si. The highest BCUT2D eigenvalue weighted by atomic mass is 32.1. The number of rotatable bonds is 12. The molecule has 0 atom stereocenters. The van der Waals surface area contributed by atoms with Crippen LogP contribution in [0.2, 0.25) is 16.6 Å². The van der Waals surface area contributed by atoms with E-state index in [1.54, 1.807) is 0 Å². The summed E-state index contributed by atoms with van der Waals surface area (Å²) < 4.78 is 23.5. The van der Waals surface area contributed by atoms with Crippen molar-refractivity contribution in [3.05, 3.63) is 279 Å². The summed E-state index contributed by atoms with van der Waals surface area (Å²) in [7, 11) is -1.84. The monoisotopic (exact) mass is 1840 g/mol. The van der Waals surface area contributed by atoms with Crippen molar-refractivity contribution in [1.82, 2.24) is 0 Å². The molecule has 0 saturated heterocycles. The van der Waals surface area contributed by atoms with Crippen molar-refractivity contribution in [2.24, 2.45) is 23.2 Å². The summed E-state index contributed by atoms with van der Waals surface area (Å²) in [5.74, 6) is 14.9. The summed E-state index contributed by atoms with van der Waals surface area (Å²) in [4.78, 5) is 10.9. The maximum absolute atomic E-state index is 6.25. The second-order valence-electron chi connectivity index (χ2n) is 37.9. The first kappa shape index (κ1) is 90.2. The van der Waals surface area contributed by atoms with Gasteiger partial charge in [-0.1, -0.05) is 256 Å². The zero-order valence-corrected chi connectivity index (χ0v) is 86.6. The van der Waals surface area contributed by atoms with Crippen molar-refractivity contribution < 1.29 is 8.83 Å². The first-order valence-electron chi connectivity index (χ1n) is 45.3. The average Bonchev–Trinajstić information content (AvgIpc) is 1.58. The van der Waals surface area contributed by atoms with E-state index in [0.717, 1.165) is 55.7 Å². The van der Waals surface area contributed by atoms with E-state index in [1.165, 1.54) is 198 Å². The van der Waals surface area contributed by atoms with Crippen molar-refractivity contribution in [3.63, 3.8) is 0 Å². The van der Waals surface area contributed by atoms with E-state index in [9.17, 15) is 0 Å². The maximum atomic E-state index is 6.25. The van der Waals surface area contributed by atoms with Gasteiger partial charge in [-0.3, -0.25) is 0 Å². The summed E-state index contributed by atoms with van der Waals surface area (Å²) in [5, 5.41) is 13.1. The lowest BCUT2D eigenvalue weighted by Gasteiger charge is -2.40. The number of furan rings is 2. The third-order valence-electron chi connectivity index (χ3n) is 26.6. The van der Waals surface area contributed by atoms with E-state index < -0.39 is 8.07 Å². The molecule has 11 heteroatoms. The Bertz CT molecular complexity index is 6870. The molecule has 0 N–H and O–H groups in total. The highest BCUT2D eigenvalue weighted by Crippen LogP contribution is 2.56. The molecule has 0 amide bonds. The van der Waals surface area contributed by atoms with Gasteiger partial charge in [0, 0.05) is 149 Å². The van der Waals surface area contributed by atoms with E-state index in [2.05, 4.69) is 384 Å². The fraction of sp³-hybridized carbons (Fsp3) is 0.282. The molecule has 0 aliphatic carbocycles. The van der Waals surface area contributed by atoms with Crippen LogP contribution < -0.4 is 0 Å². The molecule has 0 aliphatic heterocycles. The van der Waals surface area contributed by atoms with Crippen LogP contribution in [-0.2, 0) is 0 Å². The Kier molecular flexibility index (Phi) is 25.3. The number of hydrogen-bond donors (Lipinski definition) is 0. The first-order chi connectivity index (χ1) is 61.1. The van der Waals surface area contributed by atoms with Gasteiger partial charge in [0.2, 0.25) is 0 Å². The highest BCUT2D eigenvalue weighted by Gasteiger charge is 2.43. The van der Waals surface area contributed by atoms with Gasteiger partial charge >= 0.3 is 0 Å². The molecule has 20 aromatic rings. The molecule has 0 spiro atoms. The molecule has 648 valence electrons. The fourth-order valence-electron chi connectivity index (χ4n) is 20.6. The van der Waals surface area contributed by atoms with E-state index >= 15 is 0 Å². The Hall–Kier alpha value is -9.70. The predicted molar refractivity (Wildman–Crippen MR) is 579 cm³/mol. The molecule has 0 saturated carbocycles. The molecule has 128 heavy (non-hydrogen) atoms. The van der Waals surface area contributed by atoms with Gasteiger partial charge in [0.05, 0.1) is 20.5 Å². The fourth-order valence-corrected chi connectivity index (χ4v) is 34.6. The Morgan fingerprint density at radius 2 is 0.547 bits per heavy atom. The molecule has 0 unspecified atom stereocenters. The quantitative estimate of drug-likeness (QED) is 0.0900. The van der Waals surface area contributed by atoms with Crippen LogP contribution in [0, 0.1) is 143 Å². The van der Waals surface area contributed by atoms with Gasteiger partial charge in [0.15, 0.2) is 0 Å². The molecular weight excluding hydrogens is 1720 g/mol. The maximum Gasteiger partial charge on any atom is 0.146 e.